The minimum Gasteiger partial charge on any atom is -0.322 e. The number of halogens is 1. The van der Waals surface area contributed by atoms with E-state index in [0.717, 1.165) is 27.4 Å². The van der Waals surface area contributed by atoms with Crippen LogP contribution < -0.4 is 5.32 Å². The number of anilines is 1. The fraction of sp³-hybridized carbons (Fsp3) is 0.0556. The second-order valence-corrected chi connectivity index (χ2v) is 7.20. The average molecular weight is 385 g/mol. The summed E-state index contributed by atoms with van der Waals surface area (Å²) in [6.07, 6.45) is 3.54. The van der Waals surface area contributed by atoms with E-state index >= 15 is 0 Å². The number of nitrogens with one attached hydrogen (secondary N) is 1. The van der Waals surface area contributed by atoms with Gasteiger partial charge in [-0.15, -0.1) is 11.3 Å². The number of hydrogen-bond donors (Lipinski definition) is 1. The van der Waals surface area contributed by atoms with Gasteiger partial charge in [-0.1, -0.05) is 23.7 Å². The topological polar surface area (TPSA) is 40.5 Å². The third-order valence-corrected chi connectivity index (χ3v) is 5.19. The minimum atomic E-state index is 0.570. The normalized spacial score (nSPS) is 13.7. The third kappa shape index (κ3) is 3.42. The quantitative estimate of drug-likeness (QED) is 0.661. The smallest absolute Gasteiger partial charge is 0.195 e. The first-order chi connectivity index (χ1) is 12.2. The lowest BCUT2D eigenvalue weighted by atomic mass is 10.0. The van der Waals surface area contributed by atoms with Gasteiger partial charge < -0.3 is 5.32 Å². The highest BCUT2D eigenvalue weighted by Gasteiger charge is 2.22. The van der Waals surface area contributed by atoms with E-state index in [0.29, 0.717) is 16.7 Å². The number of hydrogen-bond acceptors (Lipinski definition) is 4. The molecular formula is C18H13ClN4S2. The molecule has 0 saturated heterocycles. The van der Waals surface area contributed by atoms with Crippen molar-refractivity contribution < 1.29 is 0 Å². The molecule has 0 unspecified atom stereocenters. The number of rotatable bonds is 3. The number of thiophene rings is 1. The Morgan fingerprint density at radius 1 is 1.08 bits per heavy atom. The maximum Gasteiger partial charge on any atom is 0.195 e. The van der Waals surface area contributed by atoms with E-state index in [4.69, 9.17) is 28.9 Å². The highest BCUT2D eigenvalue weighted by atomic mass is 35.5. The molecule has 1 aliphatic heterocycles. The van der Waals surface area contributed by atoms with Crippen LogP contribution >= 0.6 is 35.2 Å². The Bertz CT molecular complexity index is 935. The van der Waals surface area contributed by atoms with Crippen LogP contribution in [-0.2, 0) is 6.54 Å². The van der Waals surface area contributed by atoms with Crippen molar-refractivity contribution in [1.29, 1.82) is 0 Å². The van der Waals surface area contributed by atoms with E-state index in [9.17, 15) is 0 Å². The van der Waals surface area contributed by atoms with Crippen LogP contribution in [0, 0.1) is 0 Å². The first-order valence-corrected chi connectivity index (χ1v) is 9.27. The second kappa shape index (κ2) is 6.92. The molecule has 3 aromatic rings. The van der Waals surface area contributed by atoms with Gasteiger partial charge in [0.2, 0.25) is 0 Å². The van der Waals surface area contributed by atoms with Gasteiger partial charge in [0.25, 0.3) is 0 Å². The maximum atomic E-state index is 6.03. The number of pyridine rings is 1. The molecule has 1 N–H and O–H groups in total. The molecule has 0 amide bonds. The van der Waals surface area contributed by atoms with Gasteiger partial charge in [0.05, 0.1) is 6.54 Å². The molecule has 7 heteroatoms. The van der Waals surface area contributed by atoms with Crippen LogP contribution in [0.25, 0.3) is 0 Å². The molecule has 0 spiro atoms. The molecule has 0 saturated carbocycles. The summed E-state index contributed by atoms with van der Waals surface area (Å²) in [5, 5.41) is 14.3. The van der Waals surface area contributed by atoms with Crippen LogP contribution in [0.3, 0.4) is 0 Å². The standard InChI is InChI=1S/C18H13ClN4S2/c19-14-3-1-13(2-4-14)16-15-7-10-25-17(15)21-18(24)23(22-16)11-12-5-8-20-9-6-12/h1-10H,11H2,(H,21,24). The molecule has 4 nitrogen and oxygen atoms in total. The van der Waals surface area contributed by atoms with Crippen molar-refractivity contribution in [3.63, 3.8) is 0 Å². The molecule has 124 valence electrons. The fourth-order valence-electron chi connectivity index (χ4n) is 2.56. The number of benzene rings is 1. The molecule has 1 aromatic carbocycles. The zero-order valence-electron chi connectivity index (χ0n) is 13.0. The van der Waals surface area contributed by atoms with E-state index < -0.39 is 0 Å². The first-order valence-electron chi connectivity index (χ1n) is 7.60. The van der Waals surface area contributed by atoms with Gasteiger partial charge in [-0.2, -0.15) is 5.10 Å². The van der Waals surface area contributed by atoms with Gasteiger partial charge in [0.1, 0.15) is 10.7 Å². The van der Waals surface area contributed by atoms with Crippen LogP contribution in [0.2, 0.25) is 5.02 Å². The highest BCUT2D eigenvalue weighted by Crippen LogP contribution is 2.30. The van der Waals surface area contributed by atoms with E-state index in [1.54, 1.807) is 28.7 Å². The molecule has 2 aromatic heterocycles. The van der Waals surface area contributed by atoms with Crippen molar-refractivity contribution in [2.45, 2.75) is 6.54 Å². The molecule has 0 atom stereocenters. The molecule has 4 rings (SSSR count). The van der Waals surface area contributed by atoms with Crippen LogP contribution in [0.4, 0.5) is 5.00 Å². The molecule has 25 heavy (non-hydrogen) atoms. The summed E-state index contributed by atoms with van der Waals surface area (Å²) < 4.78 is 0. The summed E-state index contributed by atoms with van der Waals surface area (Å²) in [5.74, 6) is 0. The van der Waals surface area contributed by atoms with E-state index in [1.165, 1.54) is 0 Å². The van der Waals surface area contributed by atoms with E-state index in [-0.39, 0.29) is 0 Å². The molecule has 0 radical (unpaired) electrons. The van der Waals surface area contributed by atoms with Crippen LogP contribution in [-0.4, -0.2) is 20.8 Å². The van der Waals surface area contributed by atoms with Gasteiger partial charge in [0.15, 0.2) is 5.11 Å². The van der Waals surface area contributed by atoms with Crippen LogP contribution in [0.5, 0.6) is 0 Å². The third-order valence-electron chi connectivity index (χ3n) is 3.80. The molecule has 3 heterocycles. The van der Waals surface area contributed by atoms with Gasteiger partial charge in [-0.05, 0) is 53.5 Å². The first kappa shape index (κ1) is 16.2. The molecule has 0 fully saturated rings. The Morgan fingerprint density at radius 3 is 2.60 bits per heavy atom. The predicted molar refractivity (Wildman–Crippen MR) is 107 cm³/mol. The van der Waals surface area contributed by atoms with Crippen molar-refractivity contribution in [2.75, 3.05) is 5.32 Å². The molecule has 0 aliphatic carbocycles. The Hall–Kier alpha value is -2.28. The maximum absolute atomic E-state index is 6.03. The molecule has 1 aliphatic rings. The van der Waals surface area contributed by atoms with Crippen molar-refractivity contribution in [2.24, 2.45) is 5.10 Å². The summed E-state index contributed by atoms with van der Waals surface area (Å²) in [7, 11) is 0. The number of fused-ring (bicyclic) bond motifs is 1. The van der Waals surface area contributed by atoms with E-state index in [2.05, 4.69) is 16.4 Å². The lowest BCUT2D eigenvalue weighted by molar-refractivity contribution is 0.447. The monoisotopic (exact) mass is 384 g/mol. The minimum absolute atomic E-state index is 0.570. The van der Waals surface area contributed by atoms with Crippen molar-refractivity contribution in [1.82, 2.24) is 9.99 Å². The summed E-state index contributed by atoms with van der Waals surface area (Å²) in [6, 6.07) is 13.7. The summed E-state index contributed by atoms with van der Waals surface area (Å²) in [5.41, 5.74) is 3.99. The number of nitrogens with zero attached hydrogens (tertiary/aromatic N) is 3. The van der Waals surface area contributed by atoms with Gasteiger partial charge in [0, 0.05) is 28.5 Å². The summed E-state index contributed by atoms with van der Waals surface area (Å²) in [4.78, 5) is 4.06. The van der Waals surface area contributed by atoms with Crippen LogP contribution in [0.15, 0.2) is 65.3 Å². The average Bonchev–Trinajstić information content (AvgIpc) is 3.03. The lowest BCUT2D eigenvalue weighted by Crippen LogP contribution is -2.29. The summed E-state index contributed by atoms with van der Waals surface area (Å²) in [6.45, 7) is 0.570. The zero-order valence-corrected chi connectivity index (χ0v) is 15.4. The number of thiocarbonyl (C=S) groups is 1. The van der Waals surface area contributed by atoms with Crippen molar-refractivity contribution in [3.8, 4) is 0 Å². The van der Waals surface area contributed by atoms with E-state index in [1.807, 2.05) is 41.8 Å². The highest BCUT2D eigenvalue weighted by molar-refractivity contribution is 7.80. The van der Waals surface area contributed by atoms with Crippen LogP contribution in [0.1, 0.15) is 16.7 Å². The SMILES string of the molecule is S=C1Nc2sccc2C(c2ccc(Cl)cc2)=NN1Cc1ccncc1. The number of aromatic nitrogens is 1. The molecular weight excluding hydrogens is 372 g/mol. The number of hydrazone groups is 1. The second-order valence-electron chi connectivity index (χ2n) is 5.46. The van der Waals surface area contributed by atoms with Gasteiger partial charge >= 0.3 is 0 Å². The zero-order chi connectivity index (χ0) is 17.2. The Balaban J connectivity index is 1.78. The largest absolute Gasteiger partial charge is 0.322 e. The predicted octanol–water partition coefficient (Wildman–Crippen LogP) is 4.76. The van der Waals surface area contributed by atoms with Crippen molar-refractivity contribution >= 4 is 51.0 Å². The molecule has 0 bridgehead atoms. The van der Waals surface area contributed by atoms with Gasteiger partial charge in [-0.3, -0.25) is 4.98 Å². The lowest BCUT2D eigenvalue weighted by Gasteiger charge is -2.19. The van der Waals surface area contributed by atoms with Gasteiger partial charge in [-0.25, -0.2) is 5.01 Å². The van der Waals surface area contributed by atoms with Crippen molar-refractivity contribution in [3.05, 3.63) is 82.0 Å². The summed E-state index contributed by atoms with van der Waals surface area (Å²) >= 11 is 13.2. The Kier molecular flexibility index (Phi) is 4.48. The Labute approximate surface area is 159 Å². The Morgan fingerprint density at radius 2 is 1.84 bits per heavy atom. The fourth-order valence-corrected chi connectivity index (χ4v) is 3.75.